The summed E-state index contributed by atoms with van der Waals surface area (Å²) in [7, 11) is 0. The molecular formula is C25H20O2. The molecule has 2 aliphatic rings. The molecule has 3 aromatic carbocycles. The first-order valence-corrected chi connectivity index (χ1v) is 9.39. The van der Waals surface area contributed by atoms with Gasteiger partial charge >= 0.3 is 0 Å². The number of hydrogen-bond donors (Lipinski definition) is 0. The van der Waals surface area contributed by atoms with Gasteiger partial charge in [0.05, 0.1) is 11.0 Å². The molecule has 0 radical (unpaired) electrons. The number of Topliss-reactive ketones (excluding diaryl/α,β-unsaturated/α-hetero) is 1. The number of benzene rings is 3. The monoisotopic (exact) mass is 352 g/mol. The van der Waals surface area contributed by atoms with Crippen molar-refractivity contribution in [3.05, 3.63) is 102 Å². The number of ketones is 1. The van der Waals surface area contributed by atoms with Gasteiger partial charge in [-0.1, -0.05) is 78.9 Å². The van der Waals surface area contributed by atoms with Gasteiger partial charge in [-0.3, -0.25) is 4.79 Å². The van der Waals surface area contributed by atoms with Crippen LogP contribution in [0.4, 0.5) is 0 Å². The van der Waals surface area contributed by atoms with Crippen molar-refractivity contribution in [3.8, 4) is 5.75 Å². The normalized spacial score (nSPS) is 23.9. The van der Waals surface area contributed by atoms with Crippen molar-refractivity contribution in [2.45, 2.75) is 24.4 Å². The van der Waals surface area contributed by atoms with Gasteiger partial charge < -0.3 is 4.74 Å². The van der Waals surface area contributed by atoms with Crippen molar-refractivity contribution in [3.63, 3.8) is 0 Å². The van der Waals surface area contributed by atoms with Crippen LogP contribution in [0.25, 0.3) is 10.8 Å². The Labute approximate surface area is 158 Å². The van der Waals surface area contributed by atoms with Gasteiger partial charge in [-0.15, -0.1) is 0 Å². The van der Waals surface area contributed by atoms with Crippen molar-refractivity contribution in [2.75, 3.05) is 0 Å². The van der Waals surface area contributed by atoms with E-state index in [1.54, 1.807) is 0 Å². The van der Waals surface area contributed by atoms with E-state index in [1.165, 1.54) is 16.3 Å². The van der Waals surface area contributed by atoms with Crippen LogP contribution in [-0.4, -0.2) is 11.9 Å². The van der Waals surface area contributed by atoms with Crippen LogP contribution in [0.5, 0.6) is 5.75 Å². The number of para-hydroxylation sites is 1. The number of rotatable bonds is 2. The lowest BCUT2D eigenvalue weighted by Gasteiger charge is -2.42. The summed E-state index contributed by atoms with van der Waals surface area (Å²) in [5.74, 6) is 0.853. The van der Waals surface area contributed by atoms with Crippen LogP contribution in [0.2, 0.25) is 0 Å². The molecular weight excluding hydrogens is 332 g/mol. The summed E-state index contributed by atoms with van der Waals surface area (Å²) in [6, 6.07) is 22.4. The molecule has 27 heavy (non-hydrogen) atoms. The highest BCUT2D eigenvalue weighted by molar-refractivity contribution is 6.00. The Bertz CT molecular complexity index is 1090. The minimum Gasteiger partial charge on any atom is -0.488 e. The molecule has 2 unspecified atom stereocenters. The van der Waals surface area contributed by atoms with Gasteiger partial charge in [0.2, 0.25) is 0 Å². The van der Waals surface area contributed by atoms with Crippen molar-refractivity contribution < 1.29 is 9.53 Å². The van der Waals surface area contributed by atoms with Gasteiger partial charge in [0.15, 0.2) is 5.78 Å². The molecule has 0 aromatic heterocycles. The molecule has 0 saturated heterocycles. The SMILES string of the molecule is O=C1CC(C2(c3cccc4ccccc34)C=CC=CC2)Oc2ccccc21. The van der Waals surface area contributed by atoms with E-state index in [-0.39, 0.29) is 17.3 Å². The molecule has 1 aliphatic carbocycles. The number of hydrogen-bond acceptors (Lipinski definition) is 2. The van der Waals surface area contributed by atoms with E-state index < -0.39 is 0 Å². The van der Waals surface area contributed by atoms with Crippen LogP contribution in [0.15, 0.2) is 91.0 Å². The van der Waals surface area contributed by atoms with Crippen molar-refractivity contribution >= 4 is 16.6 Å². The molecule has 0 bridgehead atoms. The maximum Gasteiger partial charge on any atom is 0.170 e. The molecule has 2 nitrogen and oxygen atoms in total. The molecule has 0 spiro atoms. The van der Waals surface area contributed by atoms with Crippen molar-refractivity contribution in [1.29, 1.82) is 0 Å². The lowest BCUT2D eigenvalue weighted by Crippen LogP contribution is -2.45. The van der Waals surface area contributed by atoms with Gasteiger partial charge in [0.1, 0.15) is 11.9 Å². The second-order valence-electron chi connectivity index (χ2n) is 7.29. The minimum absolute atomic E-state index is 0.157. The van der Waals surface area contributed by atoms with E-state index in [9.17, 15) is 4.79 Å². The van der Waals surface area contributed by atoms with Crippen molar-refractivity contribution in [1.82, 2.24) is 0 Å². The van der Waals surface area contributed by atoms with Crippen molar-refractivity contribution in [2.24, 2.45) is 0 Å². The molecule has 132 valence electrons. The summed E-state index contributed by atoms with van der Waals surface area (Å²) in [6.07, 6.45) is 9.53. The lowest BCUT2D eigenvalue weighted by molar-refractivity contribution is 0.0726. The minimum atomic E-state index is -0.362. The smallest absolute Gasteiger partial charge is 0.170 e. The summed E-state index contributed by atoms with van der Waals surface area (Å²) in [5, 5.41) is 2.43. The number of carbonyl (C=O) groups is 1. The van der Waals surface area contributed by atoms with Gasteiger partial charge in [-0.25, -0.2) is 0 Å². The van der Waals surface area contributed by atoms with E-state index in [1.807, 2.05) is 24.3 Å². The topological polar surface area (TPSA) is 26.3 Å². The molecule has 0 fully saturated rings. The Morgan fingerprint density at radius 3 is 2.59 bits per heavy atom. The largest absolute Gasteiger partial charge is 0.488 e. The van der Waals surface area contributed by atoms with Gasteiger partial charge in [-0.2, -0.15) is 0 Å². The maximum atomic E-state index is 12.9. The average molecular weight is 352 g/mol. The van der Waals surface area contributed by atoms with Crippen LogP contribution in [-0.2, 0) is 5.41 Å². The third kappa shape index (κ3) is 2.52. The zero-order valence-electron chi connectivity index (χ0n) is 15.0. The standard InChI is InChI=1S/C25H20O2/c26-22-17-24(27-23-14-5-4-12-20(22)23)25(15-6-1-7-16-25)21-13-8-10-18-9-2-3-11-19(18)21/h1-15,24H,16-17H2. The molecule has 1 aliphatic heterocycles. The second-order valence-corrected chi connectivity index (χ2v) is 7.29. The second kappa shape index (κ2) is 6.24. The van der Waals surface area contributed by atoms with Gasteiger partial charge in [0, 0.05) is 6.42 Å². The van der Waals surface area contributed by atoms with E-state index in [0.29, 0.717) is 17.7 Å². The van der Waals surface area contributed by atoms with E-state index >= 15 is 0 Å². The Morgan fingerprint density at radius 2 is 1.70 bits per heavy atom. The maximum absolute atomic E-state index is 12.9. The summed E-state index contributed by atoms with van der Waals surface area (Å²) in [5.41, 5.74) is 1.55. The molecule has 0 saturated carbocycles. The summed E-state index contributed by atoms with van der Waals surface area (Å²) >= 11 is 0. The average Bonchev–Trinajstić information content (AvgIpc) is 2.74. The van der Waals surface area contributed by atoms with E-state index in [0.717, 1.165) is 6.42 Å². The Hall–Kier alpha value is -3.13. The number of allylic oxidation sites excluding steroid dienone is 3. The van der Waals surface area contributed by atoms with Gasteiger partial charge in [0.25, 0.3) is 0 Å². The Morgan fingerprint density at radius 1 is 0.889 bits per heavy atom. The summed E-state index contributed by atoms with van der Waals surface area (Å²) in [4.78, 5) is 12.9. The third-order valence-corrected chi connectivity index (χ3v) is 5.79. The molecule has 1 heterocycles. The van der Waals surface area contributed by atoms with E-state index in [2.05, 4.69) is 66.8 Å². The molecule has 0 N–H and O–H groups in total. The van der Waals surface area contributed by atoms with Crippen LogP contribution >= 0.6 is 0 Å². The first-order valence-electron chi connectivity index (χ1n) is 9.39. The zero-order valence-corrected chi connectivity index (χ0v) is 15.0. The third-order valence-electron chi connectivity index (χ3n) is 5.79. The number of carbonyl (C=O) groups excluding carboxylic acids is 1. The first-order chi connectivity index (χ1) is 13.3. The molecule has 3 aromatic rings. The Kier molecular flexibility index (Phi) is 3.71. The molecule has 2 atom stereocenters. The summed E-state index contributed by atoms with van der Waals surface area (Å²) in [6.45, 7) is 0. The fraction of sp³-hybridized carbons (Fsp3) is 0.160. The summed E-state index contributed by atoms with van der Waals surface area (Å²) < 4.78 is 6.44. The molecule has 5 rings (SSSR count). The van der Waals surface area contributed by atoms with Crippen LogP contribution in [0.3, 0.4) is 0 Å². The van der Waals surface area contributed by atoms with Crippen LogP contribution < -0.4 is 4.74 Å². The van der Waals surface area contributed by atoms with Crippen LogP contribution in [0.1, 0.15) is 28.8 Å². The molecule has 2 heteroatoms. The predicted octanol–water partition coefficient (Wildman–Crippen LogP) is 5.63. The number of fused-ring (bicyclic) bond motifs is 2. The fourth-order valence-electron chi connectivity index (χ4n) is 4.44. The molecule has 0 amide bonds. The fourth-order valence-corrected chi connectivity index (χ4v) is 4.44. The lowest BCUT2D eigenvalue weighted by atomic mass is 9.68. The van der Waals surface area contributed by atoms with Gasteiger partial charge in [-0.05, 0) is 34.9 Å². The first kappa shape index (κ1) is 16.1. The highest BCUT2D eigenvalue weighted by Gasteiger charge is 2.44. The Balaban J connectivity index is 1.69. The highest BCUT2D eigenvalue weighted by atomic mass is 16.5. The van der Waals surface area contributed by atoms with E-state index in [4.69, 9.17) is 4.74 Å². The quantitative estimate of drug-likeness (QED) is 0.598. The zero-order chi connectivity index (χ0) is 18.3. The van der Waals surface area contributed by atoms with Crippen LogP contribution in [0, 0.1) is 0 Å². The number of ether oxygens (including phenoxy) is 1. The predicted molar refractivity (Wildman–Crippen MR) is 108 cm³/mol. The highest BCUT2D eigenvalue weighted by Crippen LogP contribution is 2.44.